The van der Waals surface area contributed by atoms with E-state index < -0.39 is 0 Å². The SMILES string of the molecule is Cl.O=C(NC1CCN(c2ccccn2)C1)C1CCCN1. The summed E-state index contributed by atoms with van der Waals surface area (Å²) in [5.74, 6) is 1.16. The van der Waals surface area contributed by atoms with E-state index in [1.54, 1.807) is 0 Å². The zero-order valence-corrected chi connectivity index (χ0v) is 12.2. The molecule has 1 aromatic heterocycles. The van der Waals surface area contributed by atoms with E-state index in [-0.39, 0.29) is 30.4 Å². The van der Waals surface area contributed by atoms with Gasteiger partial charge in [-0.3, -0.25) is 4.79 Å². The topological polar surface area (TPSA) is 57.3 Å². The fourth-order valence-electron chi connectivity index (χ4n) is 2.84. The lowest BCUT2D eigenvalue weighted by Crippen LogP contribution is -2.46. The molecule has 0 saturated carbocycles. The molecular formula is C14H21ClN4O. The smallest absolute Gasteiger partial charge is 0.237 e. The van der Waals surface area contributed by atoms with Gasteiger partial charge in [-0.15, -0.1) is 12.4 Å². The van der Waals surface area contributed by atoms with Crippen LogP contribution in [0.25, 0.3) is 0 Å². The lowest BCUT2D eigenvalue weighted by Gasteiger charge is -2.19. The van der Waals surface area contributed by atoms with Crippen molar-refractivity contribution in [1.29, 1.82) is 0 Å². The number of nitrogens with zero attached hydrogens (tertiary/aromatic N) is 2. The normalized spacial score (nSPS) is 25.3. The Morgan fingerprint density at radius 1 is 1.40 bits per heavy atom. The number of carbonyl (C=O) groups excluding carboxylic acids is 1. The van der Waals surface area contributed by atoms with E-state index in [1.807, 2.05) is 24.4 Å². The fourth-order valence-corrected chi connectivity index (χ4v) is 2.84. The Balaban J connectivity index is 0.00000147. The van der Waals surface area contributed by atoms with Gasteiger partial charge in [0.05, 0.1) is 6.04 Å². The molecule has 5 nitrogen and oxygen atoms in total. The van der Waals surface area contributed by atoms with Crippen molar-refractivity contribution in [1.82, 2.24) is 15.6 Å². The average molecular weight is 297 g/mol. The van der Waals surface area contributed by atoms with Crippen LogP contribution >= 0.6 is 12.4 Å². The zero-order valence-electron chi connectivity index (χ0n) is 11.4. The second kappa shape index (κ2) is 6.90. The van der Waals surface area contributed by atoms with Crippen LogP contribution in [0.2, 0.25) is 0 Å². The van der Waals surface area contributed by atoms with Crippen LogP contribution in [-0.4, -0.2) is 42.6 Å². The minimum absolute atomic E-state index is 0. The van der Waals surface area contributed by atoms with Gasteiger partial charge < -0.3 is 15.5 Å². The molecule has 1 aromatic rings. The number of halogens is 1. The second-order valence-electron chi connectivity index (χ2n) is 5.28. The lowest BCUT2D eigenvalue weighted by atomic mass is 10.2. The summed E-state index contributed by atoms with van der Waals surface area (Å²) in [6, 6.07) is 6.20. The maximum absolute atomic E-state index is 12.0. The molecule has 2 aliphatic rings. The van der Waals surface area contributed by atoms with Gasteiger partial charge in [-0.1, -0.05) is 6.07 Å². The Bertz CT molecular complexity index is 436. The third kappa shape index (κ3) is 3.41. The minimum Gasteiger partial charge on any atom is -0.354 e. The molecule has 1 amide bonds. The van der Waals surface area contributed by atoms with Crippen molar-refractivity contribution in [3.63, 3.8) is 0 Å². The van der Waals surface area contributed by atoms with Crippen molar-refractivity contribution in [2.75, 3.05) is 24.5 Å². The van der Waals surface area contributed by atoms with Crippen LogP contribution in [0, 0.1) is 0 Å². The quantitative estimate of drug-likeness (QED) is 0.872. The first-order chi connectivity index (χ1) is 9.33. The molecule has 2 saturated heterocycles. The molecule has 0 aliphatic carbocycles. The highest BCUT2D eigenvalue weighted by molar-refractivity contribution is 5.85. The van der Waals surface area contributed by atoms with Crippen molar-refractivity contribution in [2.45, 2.75) is 31.3 Å². The molecule has 0 spiro atoms. The molecule has 0 bridgehead atoms. The second-order valence-corrected chi connectivity index (χ2v) is 5.28. The number of nitrogens with one attached hydrogen (secondary N) is 2. The number of amides is 1. The van der Waals surface area contributed by atoms with Gasteiger partial charge in [-0.2, -0.15) is 0 Å². The summed E-state index contributed by atoms with van der Waals surface area (Å²) >= 11 is 0. The van der Waals surface area contributed by atoms with Gasteiger partial charge in [0.1, 0.15) is 5.82 Å². The molecular weight excluding hydrogens is 276 g/mol. The molecule has 2 unspecified atom stereocenters. The average Bonchev–Trinajstić information content (AvgIpc) is 3.11. The van der Waals surface area contributed by atoms with Gasteiger partial charge in [-0.25, -0.2) is 4.98 Å². The van der Waals surface area contributed by atoms with Gasteiger partial charge in [-0.05, 0) is 37.9 Å². The number of hydrogen-bond acceptors (Lipinski definition) is 4. The summed E-state index contributed by atoms with van der Waals surface area (Å²) in [5, 5.41) is 6.38. The summed E-state index contributed by atoms with van der Waals surface area (Å²) in [7, 11) is 0. The molecule has 0 aromatic carbocycles. The Morgan fingerprint density at radius 2 is 2.30 bits per heavy atom. The summed E-state index contributed by atoms with van der Waals surface area (Å²) in [5.41, 5.74) is 0. The summed E-state index contributed by atoms with van der Waals surface area (Å²) in [6.45, 7) is 2.78. The molecule has 3 rings (SSSR count). The lowest BCUT2D eigenvalue weighted by molar-refractivity contribution is -0.123. The van der Waals surface area contributed by atoms with Crippen LogP contribution in [0.1, 0.15) is 19.3 Å². The van der Waals surface area contributed by atoms with Crippen LogP contribution in [0.15, 0.2) is 24.4 Å². The van der Waals surface area contributed by atoms with Crippen molar-refractivity contribution in [3.8, 4) is 0 Å². The number of rotatable bonds is 3. The Labute approximate surface area is 125 Å². The van der Waals surface area contributed by atoms with Gasteiger partial charge in [0.15, 0.2) is 0 Å². The number of hydrogen-bond donors (Lipinski definition) is 2. The monoisotopic (exact) mass is 296 g/mol. The van der Waals surface area contributed by atoms with E-state index in [1.165, 1.54) is 0 Å². The Hall–Kier alpha value is -1.33. The predicted molar refractivity (Wildman–Crippen MR) is 81.3 cm³/mol. The van der Waals surface area contributed by atoms with Crippen LogP contribution in [0.5, 0.6) is 0 Å². The maximum Gasteiger partial charge on any atom is 0.237 e. The van der Waals surface area contributed by atoms with Gasteiger partial charge >= 0.3 is 0 Å². The molecule has 2 atom stereocenters. The van der Waals surface area contributed by atoms with Crippen molar-refractivity contribution in [3.05, 3.63) is 24.4 Å². The van der Waals surface area contributed by atoms with E-state index in [0.717, 1.165) is 44.7 Å². The highest BCUT2D eigenvalue weighted by Gasteiger charge is 2.28. The molecule has 0 radical (unpaired) electrons. The fraction of sp³-hybridized carbons (Fsp3) is 0.571. The number of carbonyl (C=O) groups is 1. The van der Waals surface area contributed by atoms with Crippen molar-refractivity contribution >= 4 is 24.1 Å². The van der Waals surface area contributed by atoms with Gasteiger partial charge in [0.25, 0.3) is 0 Å². The number of anilines is 1. The van der Waals surface area contributed by atoms with E-state index in [0.29, 0.717) is 0 Å². The number of pyridine rings is 1. The zero-order chi connectivity index (χ0) is 13.1. The highest BCUT2D eigenvalue weighted by atomic mass is 35.5. The summed E-state index contributed by atoms with van der Waals surface area (Å²) < 4.78 is 0. The van der Waals surface area contributed by atoms with E-state index in [4.69, 9.17) is 0 Å². The van der Waals surface area contributed by atoms with Crippen LogP contribution in [-0.2, 0) is 4.79 Å². The molecule has 20 heavy (non-hydrogen) atoms. The standard InChI is InChI=1S/C14H20N4O.ClH/c19-14(12-4-3-8-15-12)17-11-6-9-18(10-11)13-5-1-2-7-16-13;/h1-2,5,7,11-12,15H,3-4,6,8-10H2,(H,17,19);1H. The first-order valence-corrected chi connectivity index (χ1v) is 7.02. The molecule has 3 heterocycles. The van der Waals surface area contributed by atoms with E-state index >= 15 is 0 Å². The third-order valence-corrected chi connectivity index (χ3v) is 3.88. The number of aromatic nitrogens is 1. The summed E-state index contributed by atoms with van der Waals surface area (Å²) in [4.78, 5) is 18.6. The van der Waals surface area contributed by atoms with Crippen LogP contribution in [0.4, 0.5) is 5.82 Å². The molecule has 110 valence electrons. The van der Waals surface area contributed by atoms with Crippen molar-refractivity contribution < 1.29 is 4.79 Å². The van der Waals surface area contributed by atoms with Crippen molar-refractivity contribution in [2.24, 2.45) is 0 Å². The molecule has 2 aliphatic heterocycles. The largest absolute Gasteiger partial charge is 0.354 e. The first kappa shape index (κ1) is 15.1. The van der Waals surface area contributed by atoms with Crippen LogP contribution in [0.3, 0.4) is 0 Å². The third-order valence-electron chi connectivity index (χ3n) is 3.88. The minimum atomic E-state index is 0. The molecule has 2 N–H and O–H groups in total. The summed E-state index contributed by atoms with van der Waals surface area (Å²) in [6.07, 6.45) is 4.87. The first-order valence-electron chi connectivity index (χ1n) is 7.02. The van der Waals surface area contributed by atoms with Gasteiger partial charge in [0, 0.05) is 25.3 Å². The Morgan fingerprint density at radius 3 is 3.00 bits per heavy atom. The van der Waals surface area contributed by atoms with Crippen LogP contribution < -0.4 is 15.5 Å². The predicted octanol–water partition coefficient (Wildman–Crippen LogP) is 0.950. The van der Waals surface area contributed by atoms with E-state index in [2.05, 4.69) is 20.5 Å². The molecule has 6 heteroatoms. The maximum atomic E-state index is 12.0. The highest BCUT2D eigenvalue weighted by Crippen LogP contribution is 2.17. The molecule has 2 fully saturated rings. The van der Waals surface area contributed by atoms with E-state index in [9.17, 15) is 4.79 Å². The van der Waals surface area contributed by atoms with Gasteiger partial charge in [0.2, 0.25) is 5.91 Å². The Kier molecular flexibility index (Phi) is 5.20.